The Hall–Kier alpha value is -2.59. The number of rotatable bonds is 10. The second kappa shape index (κ2) is 11.6. The Morgan fingerprint density at radius 2 is 1.67 bits per heavy atom. The van der Waals surface area contributed by atoms with Crippen LogP contribution in [0.25, 0.3) is 6.08 Å². The molecule has 0 fully saturated rings. The van der Waals surface area contributed by atoms with Gasteiger partial charge in [0.05, 0.1) is 23.5 Å². The minimum Gasteiger partial charge on any atom is -0.270 e. The van der Waals surface area contributed by atoms with Crippen LogP contribution in [0, 0.1) is 11.6 Å². The number of hydrogen-bond donors (Lipinski definition) is 0. The zero-order valence-corrected chi connectivity index (χ0v) is 22.0. The number of sulfone groups is 1. The van der Waals surface area contributed by atoms with Crippen molar-refractivity contribution in [2.24, 2.45) is 0 Å². The molecule has 0 amide bonds. The van der Waals surface area contributed by atoms with Gasteiger partial charge in [0.2, 0.25) is 0 Å². The van der Waals surface area contributed by atoms with Crippen LogP contribution in [0.1, 0.15) is 29.5 Å². The number of benzene rings is 3. The lowest BCUT2D eigenvalue weighted by molar-refractivity contribution is 0.325. The van der Waals surface area contributed by atoms with Crippen molar-refractivity contribution < 1.29 is 29.8 Å². The predicted octanol–water partition coefficient (Wildman–Crippen LogP) is 5.80. The van der Waals surface area contributed by atoms with E-state index in [0.29, 0.717) is 16.2 Å². The third kappa shape index (κ3) is 7.70. The summed E-state index contributed by atoms with van der Waals surface area (Å²) in [5.74, 6) is -2.35. The standard InChI is InChI=1S/C26H25ClF2O5S2/c1-18(25-6-4-3-5-19(25)13-14-34-35(2,30)31)21(15-20-16-23(28)9-12-26(20)29)17-36(32,33)24-10-7-22(27)8-11-24/h3-12,15-16,18H,13-14,17H2,1-2H3/b21-15-. The molecule has 0 aromatic heterocycles. The van der Waals surface area contributed by atoms with Crippen molar-refractivity contribution >= 4 is 37.6 Å². The lowest BCUT2D eigenvalue weighted by Crippen LogP contribution is -2.15. The molecule has 1 atom stereocenters. The second-order valence-corrected chi connectivity index (χ2v) is 12.4. The van der Waals surface area contributed by atoms with Crippen molar-refractivity contribution in [3.8, 4) is 0 Å². The van der Waals surface area contributed by atoms with E-state index in [2.05, 4.69) is 0 Å². The molecule has 0 aliphatic heterocycles. The molecule has 0 spiro atoms. The van der Waals surface area contributed by atoms with Gasteiger partial charge in [-0.2, -0.15) is 8.42 Å². The van der Waals surface area contributed by atoms with E-state index in [-0.39, 0.29) is 23.5 Å². The summed E-state index contributed by atoms with van der Waals surface area (Å²) in [5, 5.41) is 0.380. The molecule has 0 saturated heterocycles. The summed E-state index contributed by atoms with van der Waals surface area (Å²) in [6, 6.07) is 15.8. The Labute approximate surface area is 215 Å². The molecule has 5 nitrogen and oxygen atoms in total. The van der Waals surface area contributed by atoms with Gasteiger partial charge in [-0.3, -0.25) is 4.18 Å². The van der Waals surface area contributed by atoms with Crippen molar-refractivity contribution in [3.63, 3.8) is 0 Å². The third-order valence-corrected chi connectivity index (χ3v) is 8.13. The highest BCUT2D eigenvalue weighted by atomic mass is 35.5. The molecule has 0 aliphatic rings. The zero-order chi connectivity index (χ0) is 26.5. The van der Waals surface area contributed by atoms with Crippen molar-refractivity contribution in [1.82, 2.24) is 0 Å². The Bertz CT molecular complexity index is 1470. The van der Waals surface area contributed by atoms with E-state index in [4.69, 9.17) is 15.8 Å². The van der Waals surface area contributed by atoms with E-state index in [0.717, 1.165) is 30.0 Å². The maximum Gasteiger partial charge on any atom is 0.264 e. The first-order valence-corrected chi connectivity index (χ1v) is 14.8. The van der Waals surface area contributed by atoms with Gasteiger partial charge < -0.3 is 0 Å². The van der Waals surface area contributed by atoms with E-state index in [9.17, 15) is 25.6 Å². The molecule has 0 aliphatic carbocycles. The lowest BCUT2D eigenvalue weighted by Gasteiger charge is -2.21. The van der Waals surface area contributed by atoms with Crippen LogP contribution in [-0.4, -0.2) is 35.5 Å². The minimum absolute atomic E-state index is 0.0413. The zero-order valence-electron chi connectivity index (χ0n) is 19.6. The summed E-state index contributed by atoms with van der Waals surface area (Å²) in [6.07, 6.45) is 2.55. The number of hydrogen-bond acceptors (Lipinski definition) is 5. The van der Waals surface area contributed by atoms with Gasteiger partial charge in [0.25, 0.3) is 10.1 Å². The van der Waals surface area contributed by atoms with Crippen molar-refractivity contribution in [1.29, 1.82) is 0 Å². The second-order valence-electron chi connectivity index (χ2n) is 8.29. The fourth-order valence-electron chi connectivity index (χ4n) is 3.75. The largest absolute Gasteiger partial charge is 0.270 e. The van der Waals surface area contributed by atoms with Crippen molar-refractivity contribution in [3.05, 3.63) is 106 Å². The molecule has 0 saturated carbocycles. The fraction of sp³-hybridized carbons (Fsp3) is 0.231. The first-order chi connectivity index (χ1) is 16.9. The van der Waals surface area contributed by atoms with Gasteiger partial charge in [0, 0.05) is 16.5 Å². The lowest BCUT2D eigenvalue weighted by atomic mass is 9.88. The SMILES string of the molecule is CC(/C(=C\c1cc(F)ccc1F)CS(=O)(=O)c1ccc(Cl)cc1)c1ccccc1CCOS(C)(=O)=O. The molecule has 3 aromatic carbocycles. The Morgan fingerprint density at radius 1 is 1.00 bits per heavy atom. The summed E-state index contributed by atoms with van der Waals surface area (Å²) in [7, 11) is -7.50. The van der Waals surface area contributed by atoms with Gasteiger partial charge in [-0.25, -0.2) is 17.2 Å². The topological polar surface area (TPSA) is 77.5 Å². The first kappa shape index (κ1) is 28.0. The molecule has 36 heavy (non-hydrogen) atoms. The van der Waals surface area contributed by atoms with Gasteiger partial charge in [-0.05, 0) is 65.6 Å². The van der Waals surface area contributed by atoms with Gasteiger partial charge in [-0.1, -0.05) is 48.9 Å². The molecule has 0 bridgehead atoms. The highest BCUT2D eigenvalue weighted by molar-refractivity contribution is 7.91. The first-order valence-electron chi connectivity index (χ1n) is 10.9. The predicted molar refractivity (Wildman–Crippen MR) is 137 cm³/mol. The molecule has 0 heterocycles. The van der Waals surface area contributed by atoms with E-state index >= 15 is 0 Å². The van der Waals surface area contributed by atoms with Crippen LogP contribution in [0.4, 0.5) is 8.78 Å². The average Bonchev–Trinajstić information content (AvgIpc) is 2.80. The summed E-state index contributed by atoms with van der Waals surface area (Å²) in [6.45, 7) is 1.67. The van der Waals surface area contributed by atoms with Gasteiger partial charge in [-0.15, -0.1) is 0 Å². The van der Waals surface area contributed by atoms with Crippen LogP contribution in [0.5, 0.6) is 0 Å². The molecule has 0 radical (unpaired) electrons. The molecular formula is C26H25ClF2O5S2. The summed E-state index contributed by atoms with van der Waals surface area (Å²) >= 11 is 5.89. The van der Waals surface area contributed by atoms with Gasteiger partial charge in [0.15, 0.2) is 9.84 Å². The van der Waals surface area contributed by atoms with Crippen LogP contribution in [0.3, 0.4) is 0 Å². The summed E-state index contributed by atoms with van der Waals surface area (Å²) in [4.78, 5) is 0.0413. The molecule has 3 rings (SSSR count). The molecule has 3 aromatic rings. The van der Waals surface area contributed by atoms with Gasteiger partial charge >= 0.3 is 0 Å². The summed E-state index contributed by atoms with van der Waals surface area (Å²) < 4.78 is 82.5. The van der Waals surface area contributed by atoms with E-state index < -0.39 is 43.3 Å². The highest BCUT2D eigenvalue weighted by Crippen LogP contribution is 2.32. The van der Waals surface area contributed by atoms with Crippen molar-refractivity contribution in [2.45, 2.75) is 24.2 Å². The van der Waals surface area contributed by atoms with Crippen LogP contribution in [-0.2, 0) is 30.6 Å². The monoisotopic (exact) mass is 554 g/mol. The van der Waals surface area contributed by atoms with Crippen LogP contribution >= 0.6 is 11.6 Å². The van der Waals surface area contributed by atoms with E-state index in [1.165, 1.54) is 30.3 Å². The maximum absolute atomic E-state index is 14.5. The molecule has 10 heteroatoms. The number of halogens is 3. The molecule has 192 valence electrons. The van der Waals surface area contributed by atoms with E-state index in [1.54, 1.807) is 31.2 Å². The average molecular weight is 555 g/mol. The molecule has 1 unspecified atom stereocenters. The van der Waals surface area contributed by atoms with Crippen molar-refractivity contribution in [2.75, 3.05) is 18.6 Å². The summed E-state index contributed by atoms with van der Waals surface area (Å²) in [5.41, 5.74) is 1.69. The third-order valence-electron chi connectivity index (χ3n) is 5.57. The van der Waals surface area contributed by atoms with Crippen LogP contribution in [0.15, 0.2) is 77.2 Å². The van der Waals surface area contributed by atoms with E-state index in [1.807, 2.05) is 0 Å². The quantitative estimate of drug-likeness (QED) is 0.296. The minimum atomic E-state index is -3.87. The smallest absolute Gasteiger partial charge is 0.264 e. The highest BCUT2D eigenvalue weighted by Gasteiger charge is 2.23. The normalized spacial score (nSPS) is 13.5. The fourth-order valence-corrected chi connectivity index (χ4v) is 5.75. The Balaban J connectivity index is 2.05. The van der Waals surface area contributed by atoms with Gasteiger partial charge in [0.1, 0.15) is 11.6 Å². The van der Waals surface area contributed by atoms with Crippen LogP contribution < -0.4 is 0 Å². The Kier molecular flexibility index (Phi) is 9.05. The molecule has 0 N–H and O–H groups in total. The molecular weight excluding hydrogens is 530 g/mol. The Morgan fingerprint density at radius 3 is 2.33 bits per heavy atom. The maximum atomic E-state index is 14.5. The van der Waals surface area contributed by atoms with Crippen LogP contribution in [0.2, 0.25) is 5.02 Å².